The fourth-order valence-corrected chi connectivity index (χ4v) is 4.48. The van der Waals surface area contributed by atoms with Crippen molar-refractivity contribution in [3.63, 3.8) is 0 Å². The highest BCUT2D eigenvalue weighted by Gasteiger charge is 2.38. The van der Waals surface area contributed by atoms with Crippen molar-refractivity contribution in [2.45, 2.75) is 12.4 Å². The molecule has 2 aromatic heterocycles. The van der Waals surface area contributed by atoms with Gasteiger partial charge in [-0.25, -0.2) is 0 Å². The summed E-state index contributed by atoms with van der Waals surface area (Å²) in [7, 11) is 0. The predicted octanol–water partition coefficient (Wildman–Crippen LogP) is 8.90. The van der Waals surface area contributed by atoms with Crippen LogP contribution < -0.4 is 0 Å². The van der Waals surface area contributed by atoms with E-state index in [1.165, 1.54) is 0 Å². The molecule has 3 nitrogen and oxygen atoms in total. The van der Waals surface area contributed by atoms with Crippen LogP contribution in [0.25, 0.3) is 55.2 Å². The summed E-state index contributed by atoms with van der Waals surface area (Å²) in [5, 5.41) is 11.1. The van der Waals surface area contributed by atoms with E-state index in [-0.39, 0.29) is 16.8 Å². The molecule has 0 fully saturated rings. The zero-order valence-electron chi connectivity index (χ0n) is 18.7. The minimum absolute atomic E-state index is 0.217. The standard InChI is InChI=1S/C28H14F6N2O/c29-27(30,31)18-9-10-22(28(32,33)34)21(14-18)25-19-11-15-5-1-2-6-16(15)12-20(19)26(36-35-25)24-13-17-7-3-4-8-23(17)37-24/h1-14H. The van der Waals surface area contributed by atoms with Crippen molar-refractivity contribution in [1.29, 1.82) is 0 Å². The number of halogens is 6. The number of aromatic nitrogens is 2. The summed E-state index contributed by atoms with van der Waals surface area (Å²) in [4.78, 5) is 0. The van der Waals surface area contributed by atoms with Gasteiger partial charge in [-0.15, -0.1) is 10.2 Å². The molecule has 0 unspecified atom stereocenters. The van der Waals surface area contributed by atoms with Crippen LogP contribution >= 0.6 is 0 Å². The van der Waals surface area contributed by atoms with Gasteiger partial charge in [0.05, 0.1) is 11.1 Å². The van der Waals surface area contributed by atoms with Crippen LogP contribution in [-0.2, 0) is 12.4 Å². The van der Waals surface area contributed by atoms with E-state index in [0.29, 0.717) is 40.3 Å². The zero-order chi connectivity index (χ0) is 25.9. The van der Waals surface area contributed by atoms with E-state index >= 15 is 0 Å². The van der Waals surface area contributed by atoms with Gasteiger partial charge in [0.15, 0.2) is 5.76 Å². The average Bonchev–Trinajstić information content (AvgIpc) is 3.29. The summed E-state index contributed by atoms with van der Waals surface area (Å²) in [5.74, 6) is 0.334. The maximum atomic E-state index is 13.9. The molecular weight excluding hydrogens is 494 g/mol. The first-order valence-electron chi connectivity index (χ1n) is 11.1. The molecule has 0 radical (unpaired) electrons. The van der Waals surface area contributed by atoms with Gasteiger partial charge in [0.25, 0.3) is 0 Å². The molecule has 0 aliphatic heterocycles. The highest BCUT2D eigenvalue weighted by Crippen LogP contribution is 2.43. The lowest BCUT2D eigenvalue weighted by molar-refractivity contribution is -0.141. The highest BCUT2D eigenvalue weighted by molar-refractivity contribution is 6.08. The van der Waals surface area contributed by atoms with Crippen LogP contribution in [0.15, 0.2) is 89.3 Å². The van der Waals surface area contributed by atoms with Gasteiger partial charge in [-0.05, 0) is 53.2 Å². The lowest BCUT2D eigenvalue weighted by Gasteiger charge is -2.17. The number of fused-ring (bicyclic) bond motifs is 3. The number of hydrogen-bond acceptors (Lipinski definition) is 3. The Hall–Kier alpha value is -4.40. The molecule has 0 saturated heterocycles. The van der Waals surface area contributed by atoms with E-state index in [9.17, 15) is 26.3 Å². The first-order chi connectivity index (χ1) is 17.6. The third-order valence-corrected chi connectivity index (χ3v) is 6.21. The van der Waals surface area contributed by atoms with Gasteiger partial charge in [-0.1, -0.05) is 42.5 Å². The predicted molar refractivity (Wildman–Crippen MR) is 128 cm³/mol. The molecule has 6 rings (SSSR count). The van der Waals surface area contributed by atoms with Gasteiger partial charge in [0.2, 0.25) is 0 Å². The maximum absolute atomic E-state index is 13.9. The highest BCUT2D eigenvalue weighted by atomic mass is 19.4. The Morgan fingerprint density at radius 3 is 1.78 bits per heavy atom. The van der Waals surface area contributed by atoms with E-state index < -0.39 is 29.0 Å². The number of rotatable bonds is 2. The summed E-state index contributed by atoms with van der Waals surface area (Å²) in [6, 6.07) is 20.8. The second-order valence-corrected chi connectivity index (χ2v) is 8.55. The van der Waals surface area contributed by atoms with Gasteiger partial charge in [-0.2, -0.15) is 26.3 Å². The monoisotopic (exact) mass is 508 g/mol. The van der Waals surface area contributed by atoms with E-state index in [1.807, 2.05) is 18.2 Å². The second-order valence-electron chi connectivity index (χ2n) is 8.55. The number of alkyl halides is 6. The molecule has 0 atom stereocenters. The van der Waals surface area contributed by atoms with Crippen molar-refractivity contribution >= 4 is 32.5 Å². The second kappa shape index (κ2) is 8.06. The Bertz CT molecular complexity index is 1790. The topological polar surface area (TPSA) is 38.9 Å². The van der Waals surface area contributed by atoms with Gasteiger partial charge in [0.1, 0.15) is 17.0 Å². The van der Waals surface area contributed by atoms with Gasteiger partial charge >= 0.3 is 12.4 Å². The van der Waals surface area contributed by atoms with Crippen LogP contribution in [0.1, 0.15) is 11.1 Å². The molecule has 9 heteroatoms. The van der Waals surface area contributed by atoms with Crippen molar-refractivity contribution in [3.8, 4) is 22.7 Å². The van der Waals surface area contributed by atoms with Crippen LogP contribution in [0.3, 0.4) is 0 Å². The van der Waals surface area contributed by atoms with Crippen molar-refractivity contribution in [2.24, 2.45) is 0 Å². The Morgan fingerprint density at radius 1 is 0.568 bits per heavy atom. The molecule has 0 aliphatic carbocycles. The smallest absolute Gasteiger partial charge is 0.417 e. The lowest BCUT2D eigenvalue weighted by Crippen LogP contribution is -2.12. The summed E-state index contributed by atoms with van der Waals surface area (Å²) in [6.07, 6.45) is -9.76. The SMILES string of the molecule is FC(F)(F)c1ccc(C(F)(F)F)c(-c2nnc(-c3cc4ccccc4o3)c3cc4ccccc4cc23)c1. The van der Waals surface area contributed by atoms with E-state index in [2.05, 4.69) is 10.2 Å². The quantitative estimate of drug-likeness (QED) is 0.173. The number of para-hydroxylation sites is 1. The number of benzene rings is 4. The maximum Gasteiger partial charge on any atom is 0.417 e. The normalized spacial score (nSPS) is 12.6. The van der Waals surface area contributed by atoms with E-state index in [0.717, 1.165) is 10.8 Å². The summed E-state index contributed by atoms with van der Waals surface area (Å²) in [6.45, 7) is 0. The Kier molecular flexibility index (Phi) is 5.01. The van der Waals surface area contributed by atoms with Gasteiger partial charge in [-0.3, -0.25) is 0 Å². The third-order valence-electron chi connectivity index (χ3n) is 6.21. The largest absolute Gasteiger partial charge is 0.454 e. The first kappa shape index (κ1) is 23.0. The fraction of sp³-hybridized carbons (Fsp3) is 0.0714. The molecule has 0 saturated carbocycles. The molecule has 37 heavy (non-hydrogen) atoms. The Labute approximate surface area is 205 Å². The van der Waals surface area contributed by atoms with E-state index in [4.69, 9.17) is 4.42 Å². The van der Waals surface area contributed by atoms with Crippen LogP contribution in [0.5, 0.6) is 0 Å². The molecule has 0 aliphatic rings. The molecule has 0 N–H and O–H groups in total. The molecule has 6 aromatic rings. The molecule has 184 valence electrons. The minimum Gasteiger partial charge on any atom is -0.454 e. The van der Waals surface area contributed by atoms with Gasteiger partial charge < -0.3 is 4.42 Å². The molecule has 2 heterocycles. The van der Waals surface area contributed by atoms with Crippen LogP contribution in [0.4, 0.5) is 26.3 Å². The summed E-state index contributed by atoms with van der Waals surface area (Å²) < 4.78 is 88.2. The molecule has 0 bridgehead atoms. The van der Waals surface area contributed by atoms with E-state index in [1.54, 1.807) is 48.5 Å². The van der Waals surface area contributed by atoms with Crippen molar-refractivity contribution in [3.05, 3.63) is 96.1 Å². The molecule has 4 aromatic carbocycles. The van der Waals surface area contributed by atoms with Crippen LogP contribution in [-0.4, -0.2) is 10.2 Å². The Balaban J connectivity index is 1.70. The fourth-order valence-electron chi connectivity index (χ4n) is 4.48. The van der Waals surface area contributed by atoms with Crippen molar-refractivity contribution in [2.75, 3.05) is 0 Å². The van der Waals surface area contributed by atoms with Gasteiger partial charge in [0, 0.05) is 21.7 Å². The number of hydrogen-bond donors (Lipinski definition) is 0. The number of furan rings is 1. The summed E-state index contributed by atoms with van der Waals surface area (Å²) >= 11 is 0. The van der Waals surface area contributed by atoms with Crippen LogP contribution in [0, 0.1) is 0 Å². The average molecular weight is 508 g/mol. The van der Waals surface area contributed by atoms with Crippen LogP contribution in [0.2, 0.25) is 0 Å². The third kappa shape index (κ3) is 3.96. The van der Waals surface area contributed by atoms with Crippen molar-refractivity contribution in [1.82, 2.24) is 10.2 Å². The summed E-state index contributed by atoms with van der Waals surface area (Å²) in [5.41, 5.74) is -2.62. The minimum atomic E-state index is -4.91. The zero-order valence-corrected chi connectivity index (χ0v) is 18.7. The lowest BCUT2D eigenvalue weighted by atomic mass is 9.94. The molecule has 0 amide bonds. The first-order valence-corrected chi connectivity index (χ1v) is 11.1. The molecule has 0 spiro atoms. The molecular formula is C28H14F6N2O. The van der Waals surface area contributed by atoms with Crippen molar-refractivity contribution < 1.29 is 30.8 Å². The number of nitrogens with zero attached hydrogens (tertiary/aromatic N) is 2. The Morgan fingerprint density at radius 2 is 1.16 bits per heavy atom.